The Hall–Kier alpha value is -0.820. The van der Waals surface area contributed by atoms with Crippen molar-refractivity contribution in [3.63, 3.8) is 0 Å². The van der Waals surface area contributed by atoms with Crippen LogP contribution in [0.4, 0.5) is 0 Å². The standard InChI is InChI=1S/C14H22O/c1-5-6-12(3)14(4,15)13-9-7-11(2)8-10-13/h7-10,12,15H,5-6H2,1-4H3. The van der Waals surface area contributed by atoms with Crippen molar-refractivity contribution < 1.29 is 5.11 Å². The van der Waals surface area contributed by atoms with Gasteiger partial charge in [0.1, 0.15) is 0 Å². The fourth-order valence-corrected chi connectivity index (χ4v) is 1.89. The first-order chi connectivity index (χ1) is 6.98. The van der Waals surface area contributed by atoms with Crippen LogP contribution >= 0.6 is 0 Å². The van der Waals surface area contributed by atoms with E-state index in [0.717, 1.165) is 18.4 Å². The second-order valence-corrected chi connectivity index (χ2v) is 4.70. The first-order valence-electron chi connectivity index (χ1n) is 5.78. The van der Waals surface area contributed by atoms with Crippen LogP contribution in [0.1, 0.15) is 44.7 Å². The van der Waals surface area contributed by atoms with Gasteiger partial charge < -0.3 is 5.11 Å². The Morgan fingerprint density at radius 1 is 1.27 bits per heavy atom. The van der Waals surface area contributed by atoms with Crippen LogP contribution in [0.15, 0.2) is 24.3 Å². The number of benzene rings is 1. The molecule has 84 valence electrons. The third-order valence-corrected chi connectivity index (χ3v) is 3.32. The molecular formula is C14H22O. The maximum Gasteiger partial charge on any atom is 0.0893 e. The number of aryl methyl sites for hydroxylation is 1. The molecule has 0 bridgehead atoms. The van der Waals surface area contributed by atoms with Crippen LogP contribution in [0.25, 0.3) is 0 Å². The van der Waals surface area contributed by atoms with Gasteiger partial charge in [-0.1, -0.05) is 50.1 Å². The lowest BCUT2D eigenvalue weighted by Gasteiger charge is -2.30. The van der Waals surface area contributed by atoms with Crippen LogP contribution in [-0.2, 0) is 5.60 Å². The first kappa shape index (κ1) is 12.3. The lowest BCUT2D eigenvalue weighted by molar-refractivity contribution is -0.00220. The molecule has 0 amide bonds. The maximum atomic E-state index is 10.5. The Kier molecular flexibility index (Phi) is 3.92. The molecule has 0 saturated carbocycles. The van der Waals surface area contributed by atoms with E-state index < -0.39 is 5.60 Å². The highest BCUT2D eigenvalue weighted by Gasteiger charge is 2.29. The van der Waals surface area contributed by atoms with Crippen LogP contribution in [0.3, 0.4) is 0 Å². The van der Waals surface area contributed by atoms with E-state index in [1.807, 2.05) is 19.1 Å². The summed E-state index contributed by atoms with van der Waals surface area (Å²) >= 11 is 0. The quantitative estimate of drug-likeness (QED) is 0.797. The largest absolute Gasteiger partial charge is 0.385 e. The van der Waals surface area contributed by atoms with E-state index in [2.05, 4.69) is 32.9 Å². The molecule has 0 heterocycles. The fraction of sp³-hybridized carbons (Fsp3) is 0.571. The van der Waals surface area contributed by atoms with Crippen molar-refractivity contribution in [2.75, 3.05) is 0 Å². The van der Waals surface area contributed by atoms with Crippen molar-refractivity contribution in [3.05, 3.63) is 35.4 Å². The van der Waals surface area contributed by atoms with Crippen molar-refractivity contribution in [3.8, 4) is 0 Å². The highest BCUT2D eigenvalue weighted by atomic mass is 16.3. The zero-order chi connectivity index (χ0) is 11.5. The number of hydrogen-bond donors (Lipinski definition) is 1. The minimum Gasteiger partial charge on any atom is -0.385 e. The van der Waals surface area contributed by atoms with Gasteiger partial charge in [0.15, 0.2) is 0 Å². The Bertz CT molecular complexity index is 298. The monoisotopic (exact) mass is 206 g/mol. The van der Waals surface area contributed by atoms with Crippen molar-refractivity contribution in [1.82, 2.24) is 0 Å². The van der Waals surface area contributed by atoms with E-state index in [-0.39, 0.29) is 0 Å². The van der Waals surface area contributed by atoms with Gasteiger partial charge in [-0.25, -0.2) is 0 Å². The average molecular weight is 206 g/mol. The summed E-state index contributed by atoms with van der Waals surface area (Å²) in [5, 5.41) is 10.5. The minimum atomic E-state index is -0.705. The molecule has 1 N–H and O–H groups in total. The first-order valence-corrected chi connectivity index (χ1v) is 5.78. The van der Waals surface area contributed by atoms with Crippen LogP contribution in [0.5, 0.6) is 0 Å². The molecule has 1 rings (SSSR count). The number of hydrogen-bond acceptors (Lipinski definition) is 1. The van der Waals surface area contributed by atoms with Crippen LogP contribution in [0.2, 0.25) is 0 Å². The van der Waals surface area contributed by atoms with Crippen LogP contribution < -0.4 is 0 Å². The van der Waals surface area contributed by atoms with E-state index in [0.29, 0.717) is 5.92 Å². The Morgan fingerprint density at radius 3 is 2.27 bits per heavy atom. The third-order valence-electron chi connectivity index (χ3n) is 3.32. The van der Waals surface area contributed by atoms with Gasteiger partial charge in [-0.05, 0) is 31.7 Å². The molecule has 0 fully saturated rings. The third kappa shape index (κ3) is 2.82. The van der Waals surface area contributed by atoms with Crippen LogP contribution in [0, 0.1) is 12.8 Å². The SMILES string of the molecule is CCCC(C)C(C)(O)c1ccc(C)cc1. The number of aliphatic hydroxyl groups is 1. The molecule has 0 aliphatic rings. The number of rotatable bonds is 4. The molecule has 0 aliphatic carbocycles. The molecule has 1 aromatic rings. The highest BCUT2D eigenvalue weighted by Crippen LogP contribution is 2.31. The predicted molar refractivity (Wildman–Crippen MR) is 64.8 cm³/mol. The Morgan fingerprint density at radius 2 is 1.80 bits per heavy atom. The highest BCUT2D eigenvalue weighted by molar-refractivity contribution is 5.26. The molecule has 0 spiro atoms. The van der Waals surface area contributed by atoms with Crippen molar-refractivity contribution in [2.24, 2.45) is 5.92 Å². The van der Waals surface area contributed by atoms with E-state index in [9.17, 15) is 5.11 Å². The predicted octanol–water partition coefficient (Wildman–Crippen LogP) is 3.64. The Balaban J connectivity index is 2.89. The van der Waals surface area contributed by atoms with Crippen molar-refractivity contribution in [2.45, 2.75) is 46.1 Å². The summed E-state index contributed by atoms with van der Waals surface area (Å²) in [5.74, 6) is 0.296. The van der Waals surface area contributed by atoms with E-state index in [4.69, 9.17) is 0 Å². The molecule has 1 heteroatoms. The lowest BCUT2D eigenvalue weighted by atomic mass is 9.81. The molecule has 0 aliphatic heterocycles. The van der Waals surface area contributed by atoms with E-state index >= 15 is 0 Å². The summed E-state index contributed by atoms with van der Waals surface area (Å²) < 4.78 is 0. The molecule has 2 unspecified atom stereocenters. The molecule has 0 saturated heterocycles. The summed E-state index contributed by atoms with van der Waals surface area (Å²) in [6.07, 6.45) is 2.17. The van der Waals surface area contributed by atoms with Gasteiger partial charge in [-0.3, -0.25) is 0 Å². The van der Waals surface area contributed by atoms with Gasteiger partial charge in [0, 0.05) is 0 Å². The molecule has 1 nitrogen and oxygen atoms in total. The fourth-order valence-electron chi connectivity index (χ4n) is 1.89. The lowest BCUT2D eigenvalue weighted by Crippen LogP contribution is -2.29. The van der Waals surface area contributed by atoms with Gasteiger partial charge >= 0.3 is 0 Å². The summed E-state index contributed by atoms with van der Waals surface area (Å²) in [4.78, 5) is 0. The molecule has 0 radical (unpaired) electrons. The van der Waals surface area contributed by atoms with Gasteiger partial charge in [-0.15, -0.1) is 0 Å². The van der Waals surface area contributed by atoms with E-state index in [1.165, 1.54) is 5.56 Å². The van der Waals surface area contributed by atoms with Crippen molar-refractivity contribution in [1.29, 1.82) is 0 Å². The smallest absolute Gasteiger partial charge is 0.0893 e. The van der Waals surface area contributed by atoms with Crippen molar-refractivity contribution >= 4 is 0 Å². The van der Waals surface area contributed by atoms with Gasteiger partial charge in [0.2, 0.25) is 0 Å². The normalized spacial score (nSPS) is 17.1. The summed E-state index contributed by atoms with van der Waals surface area (Å²) in [6, 6.07) is 8.17. The summed E-state index contributed by atoms with van der Waals surface area (Å²) in [6.45, 7) is 8.25. The second-order valence-electron chi connectivity index (χ2n) is 4.70. The maximum absolute atomic E-state index is 10.5. The summed E-state index contributed by atoms with van der Waals surface area (Å²) in [5.41, 5.74) is 1.55. The summed E-state index contributed by atoms with van der Waals surface area (Å²) in [7, 11) is 0. The molecule has 0 aromatic heterocycles. The molecular weight excluding hydrogens is 184 g/mol. The second kappa shape index (κ2) is 4.80. The zero-order valence-corrected chi connectivity index (χ0v) is 10.2. The zero-order valence-electron chi connectivity index (χ0n) is 10.2. The average Bonchev–Trinajstić information content (AvgIpc) is 2.18. The van der Waals surface area contributed by atoms with E-state index in [1.54, 1.807) is 0 Å². The van der Waals surface area contributed by atoms with Crippen LogP contribution in [-0.4, -0.2) is 5.11 Å². The molecule has 15 heavy (non-hydrogen) atoms. The minimum absolute atomic E-state index is 0.296. The van der Waals surface area contributed by atoms with Gasteiger partial charge in [-0.2, -0.15) is 0 Å². The molecule has 1 aromatic carbocycles. The van der Waals surface area contributed by atoms with Gasteiger partial charge in [0.05, 0.1) is 5.60 Å². The topological polar surface area (TPSA) is 20.2 Å². The molecule has 2 atom stereocenters. The Labute approximate surface area is 93.1 Å². The van der Waals surface area contributed by atoms with Gasteiger partial charge in [0.25, 0.3) is 0 Å².